The molecule has 16 heavy (non-hydrogen) atoms. The molecule has 0 amide bonds. The number of hydrogen-bond acceptors (Lipinski definition) is 2. The zero-order valence-corrected chi connectivity index (χ0v) is 11.4. The Morgan fingerprint density at radius 3 is 2.56 bits per heavy atom. The van der Waals surface area contributed by atoms with E-state index in [1.165, 1.54) is 38.9 Å². The van der Waals surface area contributed by atoms with E-state index in [2.05, 4.69) is 37.9 Å². The molecule has 1 N–H and O–H groups in total. The minimum Gasteiger partial charge on any atom is -0.311 e. The van der Waals surface area contributed by atoms with Gasteiger partial charge in [-0.15, -0.1) is 0 Å². The molecule has 0 radical (unpaired) electrons. The standard InChI is InChI=1S/C14H28N2/c1-5-16-9-13(8-11(2)3)15-10-14(16,4)12-6-7-12/h11-13,15H,5-10H2,1-4H3. The second-order valence-corrected chi connectivity index (χ2v) is 6.38. The molecule has 2 fully saturated rings. The van der Waals surface area contributed by atoms with Crippen molar-refractivity contribution in [2.75, 3.05) is 19.6 Å². The highest BCUT2D eigenvalue weighted by atomic mass is 15.3. The van der Waals surface area contributed by atoms with Crippen molar-refractivity contribution in [3.05, 3.63) is 0 Å². The summed E-state index contributed by atoms with van der Waals surface area (Å²) in [5.41, 5.74) is 0.447. The molecular weight excluding hydrogens is 196 g/mol. The van der Waals surface area contributed by atoms with Gasteiger partial charge in [0.25, 0.3) is 0 Å². The van der Waals surface area contributed by atoms with E-state index in [9.17, 15) is 0 Å². The normalized spacial score (nSPS) is 36.9. The Morgan fingerprint density at radius 1 is 1.38 bits per heavy atom. The minimum absolute atomic E-state index is 0.447. The van der Waals surface area contributed by atoms with Crippen LogP contribution in [0, 0.1) is 11.8 Å². The summed E-state index contributed by atoms with van der Waals surface area (Å²) in [6, 6.07) is 0.715. The monoisotopic (exact) mass is 224 g/mol. The molecule has 0 aromatic carbocycles. The van der Waals surface area contributed by atoms with Crippen molar-refractivity contribution >= 4 is 0 Å². The molecule has 0 spiro atoms. The Kier molecular flexibility index (Phi) is 3.60. The SMILES string of the molecule is CCN1CC(CC(C)C)NCC1(C)C1CC1. The summed E-state index contributed by atoms with van der Waals surface area (Å²) in [6.45, 7) is 13.1. The van der Waals surface area contributed by atoms with Gasteiger partial charge in [0.15, 0.2) is 0 Å². The first-order valence-electron chi connectivity index (χ1n) is 7.04. The number of rotatable bonds is 4. The van der Waals surface area contributed by atoms with E-state index in [0.717, 1.165) is 11.8 Å². The first-order valence-corrected chi connectivity index (χ1v) is 7.04. The number of nitrogens with one attached hydrogen (secondary N) is 1. The van der Waals surface area contributed by atoms with Crippen molar-refractivity contribution < 1.29 is 0 Å². The quantitative estimate of drug-likeness (QED) is 0.789. The summed E-state index contributed by atoms with van der Waals surface area (Å²) in [5.74, 6) is 1.77. The lowest BCUT2D eigenvalue weighted by molar-refractivity contribution is 0.0357. The summed E-state index contributed by atoms with van der Waals surface area (Å²) in [7, 11) is 0. The lowest BCUT2D eigenvalue weighted by Gasteiger charge is -2.48. The van der Waals surface area contributed by atoms with Crippen LogP contribution in [-0.2, 0) is 0 Å². The largest absolute Gasteiger partial charge is 0.311 e. The lowest BCUT2D eigenvalue weighted by Crippen LogP contribution is -2.64. The van der Waals surface area contributed by atoms with E-state index >= 15 is 0 Å². The van der Waals surface area contributed by atoms with Crippen LogP contribution >= 0.6 is 0 Å². The van der Waals surface area contributed by atoms with Crippen molar-refractivity contribution in [3.8, 4) is 0 Å². The van der Waals surface area contributed by atoms with E-state index in [-0.39, 0.29) is 0 Å². The van der Waals surface area contributed by atoms with Crippen LogP contribution in [0.1, 0.15) is 47.0 Å². The highest BCUT2D eigenvalue weighted by Gasteiger charge is 2.47. The van der Waals surface area contributed by atoms with Crippen LogP contribution in [-0.4, -0.2) is 36.1 Å². The van der Waals surface area contributed by atoms with Gasteiger partial charge in [-0.05, 0) is 44.6 Å². The Morgan fingerprint density at radius 2 is 2.06 bits per heavy atom. The molecule has 0 bridgehead atoms. The highest BCUT2D eigenvalue weighted by Crippen LogP contribution is 2.44. The zero-order chi connectivity index (χ0) is 11.8. The van der Waals surface area contributed by atoms with E-state index in [1.54, 1.807) is 0 Å². The predicted molar refractivity (Wildman–Crippen MR) is 69.6 cm³/mol. The first kappa shape index (κ1) is 12.4. The van der Waals surface area contributed by atoms with Crippen LogP contribution in [0.15, 0.2) is 0 Å². The Balaban J connectivity index is 1.96. The van der Waals surface area contributed by atoms with Gasteiger partial charge in [0, 0.05) is 24.7 Å². The molecule has 2 aliphatic rings. The maximum atomic E-state index is 3.78. The molecular formula is C14H28N2. The molecule has 94 valence electrons. The molecule has 2 rings (SSSR count). The summed E-state index contributed by atoms with van der Waals surface area (Å²) < 4.78 is 0. The van der Waals surface area contributed by atoms with Gasteiger partial charge in [-0.2, -0.15) is 0 Å². The second kappa shape index (κ2) is 4.66. The van der Waals surface area contributed by atoms with Crippen molar-refractivity contribution in [3.63, 3.8) is 0 Å². The molecule has 0 aromatic rings. The molecule has 2 nitrogen and oxygen atoms in total. The van der Waals surface area contributed by atoms with Gasteiger partial charge < -0.3 is 5.32 Å². The van der Waals surface area contributed by atoms with E-state index in [4.69, 9.17) is 0 Å². The summed E-state index contributed by atoms with van der Waals surface area (Å²) >= 11 is 0. The summed E-state index contributed by atoms with van der Waals surface area (Å²) in [6.07, 6.45) is 4.21. The topological polar surface area (TPSA) is 15.3 Å². The van der Waals surface area contributed by atoms with Crippen LogP contribution in [0.3, 0.4) is 0 Å². The van der Waals surface area contributed by atoms with Gasteiger partial charge in [0.05, 0.1) is 0 Å². The fourth-order valence-corrected chi connectivity index (χ4v) is 3.33. The Hall–Kier alpha value is -0.0800. The second-order valence-electron chi connectivity index (χ2n) is 6.38. The van der Waals surface area contributed by atoms with Crippen molar-refractivity contribution in [1.29, 1.82) is 0 Å². The van der Waals surface area contributed by atoms with Crippen molar-refractivity contribution in [2.24, 2.45) is 11.8 Å². The molecule has 2 atom stereocenters. The number of hydrogen-bond donors (Lipinski definition) is 1. The highest BCUT2D eigenvalue weighted by molar-refractivity contribution is 5.04. The molecule has 1 saturated heterocycles. The van der Waals surface area contributed by atoms with E-state index in [1.807, 2.05) is 0 Å². The van der Waals surface area contributed by atoms with Crippen molar-refractivity contribution in [1.82, 2.24) is 10.2 Å². The number of nitrogens with zero attached hydrogens (tertiary/aromatic N) is 1. The molecule has 1 aliphatic heterocycles. The average molecular weight is 224 g/mol. The van der Waals surface area contributed by atoms with E-state index in [0.29, 0.717) is 11.6 Å². The molecule has 2 heteroatoms. The third-order valence-electron chi connectivity index (χ3n) is 4.51. The smallest absolute Gasteiger partial charge is 0.0334 e. The van der Waals surface area contributed by atoms with Gasteiger partial charge in [0.2, 0.25) is 0 Å². The summed E-state index contributed by atoms with van der Waals surface area (Å²) in [5, 5.41) is 3.78. The molecule has 1 heterocycles. The zero-order valence-electron chi connectivity index (χ0n) is 11.4. The van der Waals surface area contributed by atoms with Crippen LogP contribution < -0.4 is 5.32 Å². The van der Waals surface area contributed by atoms with Crippen LogP contribution in [0.25, 0.3) is 0 Å². The molecule has 2 unspecified atom stereocenters. The van der Waals surface area contributed by atoms with Gasteiger partial charge in [-0.25, -0.2) is 0 Å². The predicted octanol–water partition coefficient (Wildman–Crippen LogP) is 2.49. The molecule has 1 aliphatic carbocycles. The number of piperazine rings is 1. The Labute approximate surface area is 101 Å². The van der Waals surface area contributed by atoms with Gasteiger partial charge >= 0.3 is 0 Å². The average Bonchev–Trinajstić information content (AvgIpc) is 3.04. The fourth-order valence-electron chi connectivity index (χ4n) is 3.33. The molecule has 1 saturated carbocycles. The Bertz CT molecular complexity index is 235. The van der Waals surface area contributed by atoms with Crippen LogP contribution in [0.5, 0.6) is 0 Å². The van der Waals surface area contributed by atoms with Gasteiger partial charge in [-0.3, -0.25) is 4.90 Å². The summed E-state index contributed by atoms with van der Waals surface area (Å²) in [4.78, 5) is 2.73. The van der Waals surface area contributed by atoms with Crippen molar-refractivity contribution in [2.45, 2.75) is 58.5 Å². The van der Waals surface area contributed by atoms with Crippen LogP contribution in [0.4, 0.5) is 0 Å². The van der Waals surface area contributed by atoms with E-state index < -0.39 is 0 Å². The first-order chi connectivity index (χ1) is 7.56. The van der Waals surface area contributed by atoms with Gasteiger partial charge in [-0.1, -0.05) is 20.8 Å². The third kappa shape index (κ3) is 2.43. The van der Waals surface area contributed by atoms with Crippen LogP contribution in [0.2, 0.25) is 0 Å². The number of likely N-dealkylation sites (N-methyl/N-ethyl adjacent to an activating group) is 1. The fraction of sp³-hybridized carbons (Fsp3) is 1.00. The van der Waals surface area contributed by atoms with Gasteiger partial charge in [0.1, 0.15) is 0 Å². The lowest BCUT2D eigenvalue weighted by atomic mass is 9.88. The maximum Gasteiger partial charge on any atom is 0.0334 e. The molecule has 0 aromatic heterocycles. The minimum atomic E-state index is 0.447. The third-order valence-corrected chi connectivity index (χ3v) is 4.51. The maximum absolute atomic E-state index is 3.78.